The first-order chi connectivity index (χ1) is 11.8. The van der Waals surface area contributed by atoms with E-state index in [9.17, 15) is 13.2 Å². The number of nitrogens with zero attached hydrogens (tertiary/aromatic N) is 2. The molecule has 136 valence electrons. The van der Waals surface area contributed by atoms with E-state index in [0.29, 0.717) is 30.9 Å². The molecule has 10 nitrogen and oxygen atoms in total. The third kappa shape index (κ3) is 6.49. The molecular formula is C14H20N6O4S. The second-order valence-corrected chi connectivity index (χ2v) is 6.72. The standard InChI is InChI=1S/C14H20N6O4S/c15-25(23,24)16-9-5-4-8-11(17-14(21)22)13-18-12(19-20-13)10-6-2-1-3-7-10/h1-3,6-7,11,16-17H,4-5,8-9H2,(H,21,22)(H2,15,23,24)(H,18,19,20). The summed E-state index contributed by atoms with van der Waals surface area (Å²) >= 11 is 0. The van der Waals surface area contributed by atoms with E-state index in [1.54, 1.807) is 0 Å². The summed E-state index contributed by atoms with van der Waals surface area (Å²) in [4.78, 5) is 15.3. The Morgan fingerprint density at radius 1 is 1.28 bits per heavy atom. The fourth-order valence-electron chi connectivity index (χ4n) is 2.26. The minimum atomic E-state index is -3.71. The number of carboxylic acid groups (broad SMARTS) is 1. The van der Waals surface area contributed by atoms with Crippen LogP contribution in [0.4, 0.5) is 4.79 Å². The summed E-state index contributed by atoms with van der Waals surface area (Å²) in [6, 6.07) is 8.74. The molecule has 1 aromatic carbocycles. The fourth-order valence-corrected chi connectivity index (χ4v) is 2.69. The Bertz CT molecular complexity index is 793. The first-order valence-corrected chi connectivity index (χ1v) is 9.14. The molecule has 2 rings (SSSR count). The number of H-pyrrole nitrogens is 1. The number of hydrogen-bond acceptors (Lipinski definition) is 5. The smallest absolute Gasteiger partial charge is 0.405 e. The molecule has 1 atom stereocenters. The van der Waals surface area contributed by atoms with Crippen LogP contribution in [0.1, 0.15) is 31.1 Å². The monoisotopic (exact) mass is 368 g/mol. The summed E-state index contributed by atoms with van der Waals surface area (Å²) in [6.07, 6.45) is 0.302. The van der Waals surface area contributed by atoms with E-state index in [1.807, 2.05) is 30.3 Å². The molecule has 25 heavy (non-hydrogen) atoms. The van der Waals surface area contributed by atoms with Gasteiger partial charge in [-0.1, -0.05) is 30.3 Å². The lowest BCUT2D eigenvalue weighted by atomic mass is 10.1. The maximum Gasteiger partial charge on any atom is 0.405 e. The Labute approximate surface area is 145 Å². The molecule has 2 aromatic rings. The van der Waals surface area contributed by atoms with Crippen molar-refractivity contribution in [1.82, 2.24) is 25.2 Å². The molecule has 0 spiro atoms. The van der Waals surface area contributed by atoms with Crippen molar-refractivity contribution in [2.45, 2.75) is 25.3 Å². The number of hydrogen-bond donors (Lipinski definition) is 5. The Hall–Kier alpha value is -2.50. The van der Waals surface area contributed by atoms with Crippen molar-refractivity contribution in [3.8, 4) is 11.4 Å². The molecule has 1 aromatic heterocycles. The summed E-state index contributed by atoms with van der Waals surface area (Å²) in [5.74, 6) is 0.879. The quantitative estimate of drug-likeness (QED) is 0.410. The Morgan fingerprint density at radius 2 is 2.00 bits per heavy atom. The number of benzene rings is 1. The number of nitrogens with two attached hydrogens (primary N) is 1. The minimum Gasteiger partial charge on any atom is -0.465 e. The summed E-state index contributed by atoms with van der Waals surface area (Å²) in [7, 11) is -3.71. The number of rotatable bonds is 9. The van der Waals surface area contributed by atoms with Crippen molar-refractivity contribution in [2.24, 2.45) is 5.14 Å². The Balaban J connectivity index is 1.98. The van der Waals surface area contributed by atoms with Gasteiger partial charge in [-0.3, -0.25) is 5.10 Å². The molecule has 0 radical (unpaired) electrons. The summed E-state index contributed by atoms with van der Waals surface area (Å²) in [5.41, 5.74) is 0.840. The van der Waals surface area contributed by atoms with Gasteiger partial charge in [0.05, 0.1) is 6.04 Å². The topological polar surface area (TPSA) is 163 Å². The number of unbranched alkanes of at least 4 members (excludes halogenated alkanes) is 1. The van der Waals surface area contributed by atoms with Crippen LogP contribution in [0.3, 0.4) is 0 Å². The van der Waals surface area contributed by atoms with Crippen LogP contribution in [0.2, 0.25) is 0 Å². The van der Waals surface area contributed by atoms with Crippen LogP contribution >= 0.6 is 0 Å². The van der Waals surface area contributed by atoms with Gasteiger partial charge in [0.25, 0.3) is 10.2 Å². The van der Waals surface area contributed by atoms with Gasteiger partial charge in [0.2, 0.25) is 0 Å². The van der Waals surface area contributed by atoms with Gasteiger partial charge >= 0.3 is 6.09 Å². The van der Waals surface area contributed by atoms with E-state index in [0.717, 1.165) is 5.56 Å². The van der Waals surface area contributed by atoms with Crippen LogP contribution in [0.15, 0.2) is 30.3 Å². The molecule has 11 heteroatoms. The molecule has 0 bridgehead atoms. The predicted molar refractivity (Wildman–Crippen MR) is 90.7 cm³/mol. The van der Waals surface area contributed by atoms with E-state index in [1.165, 1.54) is 0 Å². The lowest BCUT2D eigenvalue weighted by Gasteiger charge is -2.13. The van der Waals surface area contributed by atoms with Crippen molar-refractivity contribution in [3.05, 3.63) is 36.2 Å². The van der Waals surface area contributed by atoms with E-state index in [2.05, 4.69) is 25.2 Å². The lowest BCUT2D eigenvalue weighted by molar-refractivity contribution is 0.188. The predicted octanol–water partition coefficient (Wildman–Crippen LogP) is 0.744. The van der Waals surface area contributed by atoms with Crippen molar-refractivity contribution in [3.63, 3.8) is 0 Å². The van der Waals surface area contributed by atoms with Gasteiger partial charge in [0.15, 0.2) is 11.6 Å². The summed E-state index contributed by atoms with van der Waals surface area (Å²) in [5, 5.41) is 23.1. The highest BCUT2D eigenvalue weighted by Gasteiger charge is 2.19. The minimum absolute atomic E-state index is 0.182. The SMILES string of the molecule is NS(=O)(=O)NCCCCC(NC(=O)O)c1n[nH]c(-c2ccccc2)n1. The van der Waals surface area contributed by atoms with Gasteiger partial charge in [-0.2, -0.15) is 13.5 Å². The number of aromatic amines is 1. The molecule has 1 amide bonds. The zero-order valence-electron chi connectivity index (χ0n) is 13.3. The van der Waals surface area contributed by atoms with E-state index in [-0.39, 0.29) is 6.54 Å². The molecule has 1 heterocycles. The number of nitrogens with one attached hydrogen (secondary N) is 3. The lowest BCUT2D eigenvalue weighted by Crippen LogP contribution is -2.31. The van der Waals surface area contributed by atoms with Crippen LogP contribution in [0.25, 0.3) is 11.4 Å². The molecule has 0 saturated heterocycles. The number of amides is 1. The maximum atomic E-state index is 11.0. The normalized spacial score (nSPS) is 12.7. The zero-order chi connectivity index (χ0) is 18.3. The van der Waals surface area contributed by atoms with Gasteiger partial charge in [-0.05, 0) is 19.3 Å². The average Bonchev–Trinajstić information content (AvgIpc) is 3.03. The van der Waals surface area contributed by atoms with Crippen LogP contribution in [0, 0.1) is 0 Å². The summed E-state index contributed by atoms with van der Waals surface area (Å²) < 4.78 is 23.7. The first kappa shape index (κ1) is 18.8. The second kappa shape index (κ2) is 8.55. The molecule has 0 aliphatic carbocycles. The van der Waals surface area contributed by atoms with Crippen molar-refractivity contribution >= 4 is 16.3 Å². The van der Waals surface area contributed by atoms with Crippen molar-refractivity contribution in [2.75, 3.05) is 6.54 Å². The Kier molecular flexibility index (Phi) is 6.44. The largest absolute Gasteiger partial charge is 0.465 e. The molecular weight excluding hydrogens is 348 g/mol. The first-order valence-electron chi connectivity index (χ1n) is 7.60. The number of aromatic nitrogens is 3. The Morgan fingerprint density at radius 3 is 2.64 bits per heavy atom. The van der Waals surface area contributed by atoms with Crippen molar-refractivity contribution < 1.29 is 18.3 Å². The van der Waals surface area contributed by atoms with Crippen molar-refractivity contribution in [1.29, 1.82) is 0 Å². The average molecular weight is 368 g/mol. The molecule has 0 fully saturated rings. The molecule has 6 N–H and O–H groups in total. The third-order valence-electron chi connectivity index (χ3n) is 3.38. The van der Waals surface area contributed by atoms with Crippen LogP contribution in [-0.2, 0) is 10.2 Å². The molecule has 1 unspecified atom stereocenters. The fraction of sp³-hybridized carbons (Fsp3) is 0.357. The van der Waals surface area contributed by atoms with Gasteiger partial charge in [0, 0.05) is 12.1 Å². The van der Waals surface area contributed by atoms with E-state index >= 15 is 0 Å². The number of carbonyl (C=O) groups is 1. The van der Waals surface area contributed by atoms with Crippen LogP contribution in [-0.4, -0.2) is 41.3 Å². The molecule has 0 aliphatic rings. The van der Waals surface area contributed by atoms with E-state index in [4.69, 9.17) is 10.2 Å². The second-order valence-electron chi connectivity index (χ2n) is 5.35. The highest BCUT2D eigenvalue weighted by molar-refractivity contribution is 7.87. The van der Waals surface area contributed by atoms with Gasteiger partial charge in [-0.25, -0.2) is 19.6 Å². The summed E-state index contributed by atoms with van der Waals surface area (Å²) in [6.45, 7) is 0.182. The van der Waals surface area contributed by atoms with Gasteiger partial charge < -0.3 is 10.4 Å². The molecule has 0 saturated carbocycles. The van der Waals surface area contributed by atoms with Crippen LogP contribution in [0.5, 0.6) is 0 Å². The maximum absolute atomic E-state index is 11.0. The van der Waals surface area contributed by atoms with Crippen LogP contribution < -0.4 is 15.2 Å². The highest BCUT2D eigenvalue weighted by Crippen LogP contribution is 2.20. The van der Waals surface area contributed by atoms with Gasteiger partial charge in [0.1, 0.15) is 0 Å². The highest BCUT2D eigenvalue weighted by atomic mass is 32.2. The molecule has 0 aliphatic heterocycles. The third-order valence-corrected chi connectivity index (χ3v) is 3.99. The van der Waals surface area contributed by atoms with E-state index < -0.39 is 22.3 Å². The van der Waals surface area contributed by atoms with Gasteiger partial charge in [-0.15, -0.1) is 0 Å². The zero-order valence-corrected chi connectivity index (χ0v) is 14.2.